The summed E-state index contributed by atoms with van der Waals surface area (Å²) in [7, 11) is 0. The molecular weight excluding hydrogens is 110 g/mol. The summed E-state index contributed by atoms with van der Waals surface area (Å²) in [5.74, 6) is 0. The van der Waals surface area contributed by atoms with Crippen LogP contribution in [0.2, 0.25) is 0 Å². The fourth-order valence-corrected chi connectivity index (χ4v) is 1.10. The van der Waals surface area contributed by atoms with Crippen LogP contribution in [-0.2, 0) is 0 Å². The van der Waals surface area contributed by atoms with Crippen LogP contribution in [0.25, 0.3) is 0 Å². The molecule has 0 fully saturated rings. The molecule has 0 saturated heterocycles. The first kappa shape index (κ1) is 6.40. The van der Waals surface area contributed by atoms with Crippen LogP contribution in [0.3, 0.4) is 0 Å². The Morgan fingerprint density at radius 3 is 2.56 bits per heavy atom. The highest BCUT2D eigenvalue weighted by Crippen LogP contribution is 2.20. The van der Waals surface area contributed by atoms with Gasteiger partial charge in [0, 0.05) is 6.54 Å². The zero-order chi connectivity index (χ0) is 6.91. The van der Waals surface area contributed by atoms with Crippen molar-refractivity contribution in [2.24, 2.45) is 0 Å². The smallest absolute Gasteiger partial charge is 0.0526 e. The lowest BCUT2D eigenvalue weighted by atomic mass is 10.1. The second kappa shape index (κ2) is 1.90. The van der Waals surface area contributed by atoms with E-state index in [0.29, 0.717) is 0 Å². The molecule has 0 N–H and O–H groups in total. The van der Waals surface area contributed by atoms with E-state index < -0.39 is 0 Å². The Bertz CT molecular complexity index is 145. The van der Waals surface area contributed by atoms with Gasteiger partial charge in [-0.05, 0) is 20.0 Å². The molecule has 50 valence electrons. The lowest BCUT2D eigenvalue weighted by Crippen LogP contribution is -2.33. The van der Waals surface area contributed by atoms with Gasteiger partial charge in [0.15, 0.2) is 0 Å². The highest BCUT2D eigenvalue weighted by molar-refractivity contribution is 5.12. The van der Waals surface area contributed by atoms with Gasteiger partial charge in [0.05, 0.1) is 5.54 Å². The minimum atomic E-state index is 0.196. The van der Waals surface area contributed by atoms with Gasteiger partial charge in [0.1, 0.15) is 0 Å². The summed E-state index contributed by atoms with van der Waals surface area (Å²) in [5, 5.41) is 0. The molecule has 0 saturated carbocycles. The fourth-order valence-electron chi connectivity index (χ4n) is 1.10. The van der Waals surface area contributed by atoms with Crippen LogP contribution >= 0.6 is 0 Å². The Morgan fingerprint density at radius 1 is 1.67 bits per heavy atom. The van der Waals surface area contributed by atoms with Crippen molar-refractivity contribution in [1.29, 1.82) is 0 Å². The molecule has 1 heteroatoms. The maximum absolute atomic E-state index is 3.72. The van der Waals surface area contributed by atoms with Gasteiger partial charge in [-0.2, -0.15) is 0 Å². The number of rotatable bonds is 1. The average molecular weight is 123 g/mol. The Morgan fingerprint density at radius 2 is 2.33 bits per heavy atom. The van der Waals surface area contributed by atoms with Crippen LogP contribution in [0.15, 0.2) is 24.9 Å². The molecule has 0 radical (unpaired) electrons. The van der Waals surface area contributed by atoms with Crippen molar-refractivity contribution >= 4 is 0 Å². The molecule has 0 amide bonds. The van der Waals surface area contributed by atoms with Crippen molar-refractivity contribution in [1.82, 2.24) is 4.90 Å². The van der Waals surface area contributed by atoms with Crippen molar-refractivity contribution in [2.45, 2.75) is 19.4 Å². The van der Waals surface area contributed by atoms with Gasteiger partial charge >= 0.3 is 0 Å². The second-order valence-corrected chi connectivity index (χ2v) is 2.89. The molecule has 1 heterocycles. The van der Waals surface area contributed by atoms with E-state index in [1.807, 2.05) is 6.20 Å². The highest BCUT2D eigenvalue weighted by atomic mass is 15.2. The van der Waals surface area contributed by atoms with E-state index in [0.717, 1.165) is 6.54 Å². The molecule has 1 aliphatic rings. The Balaban J connectivity index is 2.71. The van der Waals surface area contributed by atoms with Crippen LogP contribution in [0.1, 0.15) is 13.8 Å². The highest BCUT2D eigenvalue weighted by Gasteiger charge is 2.23. The topological polar surface area (TPSA) is 3.24 Å². The van der Waals surface area contributed by atoms with Crippen molar-refractivity contribution in [3.8, 4) is 0 Å². The van der Waals surface area contributed by atoms with Gasteiger partial charge in [-0.25, -0.2) is 0 Å². The summed E-state index contributed by atoms with van der Waals surface area (Å²) in [5.41, 5.74) is 0.196. The number of nitrogens with zero attached hydrogens (tertiary/aromatic N) is 1. The molecule has 0 aromatic heterocycles. The molecule has 0 unspecified atom stereocenters. The molecule has 1 aliphatic heterocycles. The molecule has 0 aliphatic carbocycles. The molecule has 1 rings (SSSR count). The van der Waals surface area contributed by atoms with Gasteiger partial charge < -0.3 is 4.90 Å². The molecule has 0 atom stereocenters. The van der Waals surface area contributed by atoms with Gasteiger partial charge in [0.25, 0.3) is 0 Å². The van der Waals surface area contributed by atoms with Gasteiger partial charge in [-0.15, -0.1) is 0 Å². The third kappa shape index (κ3) is 0.995. The van der Waals surface area contributed by atoms with E-state index in [-0.39, 0.29) is 5.54 Å². The molecular formula is C8H13N. The molecule has 0 aromatic rings. The van der Waals surface area contributed by atoms with Crippen molar-refractivity contribution in [2.75, 3.05) is 6.54 Å². The summed E-state index contributed by atoms with van der Waals surface area (Å²) in [6.45, 7) is 9.09. The first-order valence-electron chi connectivity index (χ1n) is 3.24. The fraction of sp³-hybridized carbons (Fsp3) is 0.500. The SMILES string of the molecule is C=CN1CC=CC1(C)C. The maximum Gasteiger partial charge on any atom is 0.0526 e. The molecule has 0 spiro atoms. The molecule has 0 bridgehead atoms. The van der Waals surface area contributed by atoms with Crippen molar-refractivity contribution in [3.05, 3.63) is 24.9 Å². The van der Waals surface area contributed by atoms with Crippen LogP contribution in [0.5, 0.6) is 0 Å². The molecule has 1 nitrogen and oxygen atoms in total. The van der Waals surface area contributed by atoms with Crippen LogP contribution < -0.4 is 0 Å². The Labute approximate surface area is 56.7 Å². The number of hydrogen-bond acceptors (Lipinski definition) is 1. The van der Waals surface area contributed by atoms with E-state index in [9.17, 15) is 0 Å². The van der Waals surface area contributed by atoms with E-state index >= 15 is 0 Å². The van der Waals surface area contributed by atoms with Crippen molar-refractivity contribution in [3.63, 3.8) is 0 Å². The summed E-state index contributed by atoms with van der Waals surface area (Å²) in [4.78, 5) is 2.20. The van der Waals surface area contributed by atoms with E-state index in [1.165, 1.54) is 0 Å². The van der Waals surface area contributed by atoms with Gasteiger partial charge in [-0.1, -0.05) is 18.7 Å². The average Bonchev–Trinajstić information content (AvgIpc) is 2.08. The van der Waals surface area contributed by atoms with Gasteiger partial charge in [-0.3, -0.25) is 0 Å². The standard InChI is InChI=1S/C8H13N/c1-4-9-7-5-6-8(9,2)3/h4-6H,1,7H2,2-3H3. The van der Waals surface area contributed by atoms with Crippen LogP contribution in [0.4, 0.5) is 0 Å². The largest absolute Gasteiger partial charge is 0.366 e. The quantitative estimate of drug-likeness (QED) is 0.480. The molecule has 9 heavy (non-hydrogen) atoms. The Kier molecular flexibility index (Phi) is 1.35. The summed E-state index contributed by atoms with van der Waals surface area (Å²) in [6.07, 6.45) is 6.26. The monoisotopic (exact) mass is 123 g/mol. The first-order chi connectivity index (χ1) is 4.17. The third-order valence-corrected chi connectivity index (χ3v) is 1.79. The minimum Gasteiger partial charge on any atom is -0.366 e. The normalized spacial score (nSPS) is 22.7. The van der Waals surface area contributed by atoms with E-state index in [4.69, 9.17) is 0 Å². The van der Waals surface area contributed by atoms with Gasteiger partial charge in [0.2, 0.25) is 0 Å². The minimum absolute atomic E-state index is 0.196. The van der Waals surface area contributed by atoms with Crippen LogP contribution in [0, 0.1) is 0 Å². The van der Waals surface area contributed by atoms with E-state index in [2.05, 4.69) is 37.5 Å². The lowest BCUT2D eigenvalue weighted by molar-refractivity contribution is 0.283. The molecule has 0 aromatic carbocycles. The predicted molar refractivity (Wildman–Crippen MR) is 40.1 cm³/mol. The zero-order valence-electron chi connectivity index (χ0n) is 6.09. The predicted octanol–water partition coefficient (Wildman–Crippen LogP) is 1.78. The van der Waals surface area contributed by atoms with Crippen molar-refractivity contribution < 1.29 is 0 Å². The van der Waals surface area contributed by atoms with E-state index in [1.54, 1.807) is 0 Å². The lowest BCUT2D eigenvalue weighted by Gasteiger charge is -2.29. The summed E-state index contributed by atoms with van der Waals surface area (Å²) >= 11 is 0. The number of hydrogen-bond donors (Lipinski definition) is 0. The third-order valence-electron chi connectivity index (χ3n) is 1.79. The first-order valence-corrected chi connectivity index (χ1v) is 3.24. The van der Waals surface area contributed by atoms with Crippen LogP contribution in [-0.4, -0.2) is 17.0 Å². The Hall–Kier alpha value is -0.720. The maximum atomic E-state index is 3.72. The summed E-state index contributed by atoms with van der Waals surface area (Å²) < 4.78 is 0. The summed E-state index contributed by atoms with van der Waals surface area (Å²) in [6, 6.07) is 0. The zero-order valence-corrected chi connectivity index (χ0v) is 6.09. The second-order valence-electron chi connectivity index (χ2n) is 2.89.